The molecule has 5 rings (SSSR count). The maximum Gasteiger partial charge on any atom is 0.434 e. The standard InChI is InChI=1S/C30H37N5O5/c1-5-30(6-2)16-24(36)35(27(34-30)33-28(38)39)25(18-10-9-13-31-17-18)20-14-21(20)26(37)32-22-15-29(3,4)40-23-12-8-7-11-19(22)23/h7-13,17,20-22,25H,5-6,14-16H2,1-4H3,(H,32,37)(H,33,34)(H,38,39)/t20-,21-,22?,25-/m1/s1. The molecule has 1 aliphatic carbocycles. The number of para-hydroxylation sites is 1. The zero-order chi connectivity index (χ0) is 28.7. The molecule has 2 aromatic rings. The maximum atomic E-state index is 13.7. The molecule has 1 saturated carbocycles. The molecule has 3 N–H and O–H groups in total. The lowest BCUT2D eigenvalue weighted by Crippen LogP contribution is -2.63. The fraction of sp³-hybridized carbons (Fsp3) is 0.500. The predicted molar refractivity (Wildman–Crippen MR) is 149 cm³/mol. The van der Waals surface area contributed by atoms with Gasteiger partial charge in [0.2, 0.25) is 17.8 Å². The fourth-order valence-corrected chi connectivity index (χ4v) is 6.18. The number of nitrogens with zero attached hydrogens (tertiary/aromatic N) is 3. The van der Waals surface area contributed by atoms with E-state index < -0.39 is 23.3 Å². The number of aliphatic imine (C=N–C) groups is 1. The average Bonchev–Trinajstić information content (AvgIpc) is 3.70. The fourth-order valence-electron chi connectivity index (χ4n) is 6.18. The Bertz CT molecular complexity index is 1320. The van der Waals surface area contributed by atoms with Gasteiger partial charge in [0, 0.05) is 35.8 Å². The minimum absolute atomic E-state index is 0.00691. The van der Waals surface area contributed by atoms with Gasteiger partial charge in [-0.3, -0.25) is 19.5 Å². The molecule has 10 nitrogen and oxygen atoms in total. The summed E-state index contributed by atoms with van der Waals surface area (Å²) < 4.78 is 6.12. The number of fused-ring (bicyclic) bond motifs is 1. The Morgan fingerprint density at radius 3 is 2.65 bits per heavy atom. The normalized spacial score (nSPS) is 26.2. The van der Waals surface area contributed by atoms with Crippen LogP contribution in [0, 0.1) is 11.8 Å². The van der Waals surface area contributed by atoms with Gasteiger partial charge >= 0.3 is 6.09 Å². The predicted octanol–water partition coefficient (Wildman–Crippen LogP) is 4.59. The quantitative estimate of drug-likeness (QED) is 0.462. The molecule has 10 heteroatoms. The number of pyridine rings is 1. The number of aromatic nitrogens is 1. The van der Waals surface area contributed by atoms with Gasteiger partial charge in [-0.25, -0.2) is 4.79 Å². The minimum atomic E-state index is -1.39. The van der Waals surface area contributed by atoms with Crippen molar-refractivity contribution in [2.75, 3.05) is 0 Å². The van der Waals surface area contributed by atoms with E-state index in [1.807, 2.05) is 58.0 Å². The summed E-state index contributed by atoms with van der Waals surface area (Å²) in [6, 6.07) is 10.6. The van der Waals surface area contributed by atoms with E-state index in [0.29, 0.717) is 25.7 Å². The van der Waals surface area contributed by atoms with E-state index in [4.69, 9.17) is 4.74 Å². The third-order valence-corrected chi connectivity index (χ3v) is 8.50. The highest BCUT2D eigenvalue weighted by molar-refractivity contribution is 6.04. The molecule has 0 spiro atoms. The first-order valence-corrected chi connectivity index (χ1v) is 14.0. The molecule has 3 aliphatic rings. The van der Waals surface area contributed by atoms with Crippen LogP contribution in [0.4, 0.5) is 4.79 Å². The zero-order valence-electron chi connectivity index (χ0n) is 23.4. The number of amides is 3. The van der Waals surface area contributed by atoms with E-state index >= 15 is 0 Å². The summed E-state index contributed by atoms with van der Waals surface area (Å²) in [4.78, 5) is 48.7. The highest BCUT2D eigenvalue weighted by Gasteiger charge is 2.54. The summed E-state index contributed by atoms with van der Waals surface area (Å²) in [5.41, 5.74) is 0.657. The Balaban J connectivity index is 1.43. The van der Waals surface area contributed by atoms with Gasteiger partial charge in [-0.2, -0.15) is 0 Å². The first-order valence-electron chi connectivity index (χ1n) is 14.0. The van der Waals surface area contributed by atoms with E-state index in [9.17, 15) is 19.5 Å². The number of nitrogens with one attached hydrogen (secondary N) is 2. The third kappa shape index (κ3) is 5.39. The molecule has 4 atom stereocenters. The largest absolute Gasteiger partial charge is 0.487 e. The van der Waals surface area contributed by atoms with Crippen molar-refractivity contribution in [1.29, 1.82) is 0 Å². The summed E-state index contributed by atoms with van der Waals surface area (Å²) >= 11 is 0. The van der Waals surface area contributed by atoms with Gasteiger partial charge in [-0.1, -0.05) is 38.1 Å². The Hall–Kier alpha value is -3.95. The van der Waals surface area contributed by atoms with E-state index in [-0.39, 0.29) is 42.1 Å². The number of carbonyl (C=O) groups is 3. The van der Waals surface area contributed by atoms with Crippen LogP contribution >= 0.6 is 0 Å². The van der Waals surface area contributed by atoms with E-state index in [0.717, 1.165) is 16.9 Å². The summed E-state index contributed by atoms with van der Waals surface area (Å²) in [5, 5.41) is 16.1. The van der Waals surface area contributed by atoms with Crippen molar-refractivity contribution in [3.05, 3.63) is 59.9 Å². The maximum absolute atomic E-state index is 13.7. The van der Waals surface area contributed by atoms with Crippen LogP contribution in [0.1, 0.15) is 83.0 Å². The van der Waals surface area contributed by atoms with Crippen LogP contribution in [0.3, 0.4) is 0 Å². The number of rotatable bonds is 7. The van der Waals surface area contributed by atoms with Crippen LogP contribution in [0.5, 0.6) is 5.75 Å². The Morgan fingerprint density at radius 2 is 1.98 bits per heavy atom. The molecular weight excluding hydrogens is 510 g/mol. The smallest absolute Gasteiger partial charge is 0.434 e. The topological polar surface area (TPSA) is 133 Å². The van der Waals surface area contributed by atoms with E-state index in [2.05, 4.69) is 20.6 Å². The van der Waals surface area contributed by atoms with Crippen molar-refractivity contribution < 1.29 is 24.2 Å². The lowest BCUT2D eigenvalue weighted by molar-refractivity contribution is -0.133. The SMILES string of the molecule is CCC1(CC)CC(=O)N([C@H](c2cccnc2)[C@@H]2C[C@H]2C(=O)NC2CC(C)(C)Oc3ccccc32)C(=NC(=O)O)N1. The molecular formula is C30H37N5O5. The van der Waals surface area contributed by atoms with Crippen molar-refractivity contribution in [3.8, 4) is 5.75 Å². The molecule has 2 fully saturated rings. The summed E-state index contributed by atoms with van der Waals surface area (Å²) in [5.74, 6) is -0.129. The van der Waals surface area contributed by atoms with Crippen molar-refractivity contribution >= 4 is 23.9 Å². The molecule has 1 unspecified atom stereocenters. The Labute approximate surface area is 234 Å². The first kappa shape index (κ1) is 27.6. The second-order valence-corrected chi connectivity index (χ2v) is 11.7. The third-order valence-electron chi connectivity index (χ3n) is 8.50. The lowest BCUT2D eigenvalue weighted by atomic mass is 9.85. The van der Waals surface area contributed by atoms with Crippen molar-refractivity contribution in [2.24, 2.45) is 16.8 Å². The van der Waals surface area contributed by atoms with Gasteiger partial charge in [-0.15, -0.1) is 4.99 Å². The summed E-state index contributed by atoms with van der Waals surface area (Å²) in [7, 11) is 0. The number of ether oxygens (including phenoxy) is 1. The van der Waals surface area contributed by atoms with Gasteiger partial charge < -0.3 is 20.5 Å². The van der Waals surface area contributed by atoms with Crippen LogP contribution in [0.25, 0.3) is 0 Å². The molecule has 2 aliphatic heterocycles. The first-order chi connectivity index (χ1) is 19.1. The molecule has 0 bridgehead atoms. The van der Waals surface area contributed by atoms with Crippen LogP contribution in [0.15, 0.2) is 53.8 Å². The van der Waals surface area contributed by atoms with Gasteiger partial charge in [0.05, 0.1) is 18.5 Å². The summed E-state index contributed by atoms with van der Waals surface area (Å²) in [6.45, 7) is 7.94. The van der Waals surface area contributed by atoms with E-state index in [1.165, 1.54) is 4.90 Å². The number of hydrogen-bond acceptors (Lipinski definition) is 5. The van der Waals surface area contributed by atoms with E-state index in [1.54, 1.807) is 18.5 Å². The van der Waals surface area contributed by atoms with Crippen LogP contribution in [-0.4, -0.2) is 50.0 Å². The molecule has 0 radical (unpaired) electrons. The van der Waals surface area contributed by atoms with Crippen molar-refractivity contribution in [1.82, 2.24) is 20.5 Å². The molecule has 1 saturated heterocycles. The molecule has 40 heavy (non-hydrogen) atoms. The number of guanidine groups is 1. The molecule has 1 aromatic carbocycles. The molecule has 3 heterocycles. The number of hydrogen-bond donors (Lipinski definition) is 3. The van der Waals surface area contributed by atoms with Crippen LogP contribution < -0.4 is 15.4 Å². The van der Waals surface area contributed by atoms with Crippen LogP contribution in [0.2, 0.25) is 0 Å². The zero-order valence-corrected chi connectivity index (χ0v) is 23.4. The molecule has 1 aromatic heterocycles. The monoisotopic (exact) mass is 547 g/mol. The second-order valence-electron chi connectivity index (χ2n) is 11.7. The number of carboxylic acid groups (broad SMARTS) is 1. The highest BCUT2D eigenvalue weighted by Crippen LogP contribution is 2.52. The number of carbonyl (C=O) groups excluding carboxylic acids is 2. The highest BCUT2D eigenvalue weighted by atomic mass is 16.5. The molecule has 212 valence electrons. The van der Waals surface area contributed by atoms with Crippen molar-refractivity contribution in [2.45, 2.75) is 83.0 Å². The molecule has 3 amide bonds. The average molecular weight is 548 g/mol. The van der Waals surface area contributed by atoms with Crippen LogP contribution in [-0.2, 0) is 9.59 Å². The number of benzene rings is 1. The van der Waals surface area contributed by atoms with Gasteiger partial charge in [0.1, 0.15) is 11.4 Å². The minimum Gasteiger partial charge on any atom is -0.487 e. The van der Waals surface area contributed by atoms with Crippen molar-refractivity contribution in [3.63, 3.8) is 0 Å². The second kappa shape index (κ2) is 10.6. The Kier molecular flexibility index (Phi) is 7.29. The Morgan fingerprint density at radius 1 is 1.23 bits per heavy atom. The van der Waals surface area contributed by atoms with Gasteiger partial charge in [0.25, 0.3) is 0 Å². The lowest BCUT2D eigenvalue weighted by Gasteiger charge is -2.45. The van der Waals surface area contributed by atoms with Gasteiger partial charge in [0.15, 0.2) is 0 Å². The van der Waals surface area contributed by atoms with Gasteiger partial charge in [-0.05, 0) is 56.7 Å². The summed E-state index contributed by atoms with van der Waals surface area (Å²) in [6.07, 6.45) is 4.57.